The quantitative estimate of drug-likeness (QED) is 0.509. The number of para-hydroxylation sites is 1. The molecule has 0 atom stereocenters. The minimum atomic E-state index is -0.157. The summed E-state index contributed by atoms with van der Waals surface area (Å²) >= 11 is 7.29. The van der Waals surface area contributed by atoms with E-state index in [1.807, 2.05) is 31.2 Å². The molecule has 1 heterocycles. The maximum atomic E-state index is 12.8. The summed E-state index contributed by atoms with van der Waals surface area (Å²) in [6, 6.07) is 12.9. The van der Waals surface area contributed by atoms with E-state index in [-0.39, 0.29) is 23.3 Å². The molecule has 4 rings (SSSR count). The highest BCUT2D eigenvalue weighted by molar-refractivity contribution is 7.99. The van der Waals surface area contributed by atoms with Crippen LogP contribution in [-0.2, 0) is 4.79 Å². The van der Waals surface area contributed by atoms with E-state index >= 15 is 0 Å². The van der Waals surface area contributed by atoms with Gasteiger partial charge in [-0.3, -0.25) is 14.2 Å². The number of aromatic nitrogens is 2. The SMILES string of the molecule is Cc1ccc(Cl)cc1NC(=O)CSc1nc2ccccc2c(=O)n1C1CC1. The van der Waals surface area contributed by atoms with Crippen LogP contribution in [0.2, 0.25) is 5.02 Å². The van der Waals surface area contributed by atoms with Crippen LogP contribution in [-0.4, -0.2) is 21.2 Å². The molecule has 1 aromatic heterocycles. The second kappa shape index (κ2) is 7.37. The third-order valence-electron chi connectivity index (χ3n) is 4.49. The van der Waals surface area contributed by atoms with Crippen molar-refractivity contribution >= 4 is 45.9 Å². The zero-order valence-corrected chi connectivity index (χ0v) is 16.3. The van der Waals surface area contributed by atoms with Crippen molar-refractivity contribution in [1.29, 1.82) is 0 Å². The molecule has 0 radical (unpaired) electrons. The number of hydrogen-bond donors (Lipinski definition) is 1. The molecule has 1 amide bonds. The Hall–Kier alpha value is -2.31. The number of amides is 1. The summed E-state index contributed by atoms with van der Waals surface area (Å²) in [5.41, 5.74) is 2.26. The summed E-state index contributed by atoms with van der Waals surface area (Å²) in [4.78, 5) is 29.9. The lowest BCUT2D eigenvalue weighted by Crippen LogP contribution is -2.23. The van der Waals surface area contributed by atoms with Crippen LogP contribution in [0.5, 0.6) is 0 Å². The van der Waals surface area contributed by atoms with Crippen molar-refractivity contribution in [1.82, 2.24) is 9.55 Å². The highest BCUT2D eigenvalue weighted by Crippen LogP contribution is 2.36. The van der Waals surface area contributed by atoms with Crippen molar-refractivity contribution in [2.24, 2.45) is 0 Å². The molecule has 1 N–H and O–H groups in total. The number of nitrogens with one attached hydrogen (secondary N) is 1. The number of carbonyl (C=O) groups is 1. The number of nitrogens with zero attached hydrogens (tertiary/aromatic N) is 2. The van der Waals surface area contributed by atoms with Crippen LogP contribution in [0.25, 0.3) is 10.9 Å². The Morgan fingerprint density at radius 1 is 1.30 bits per heavy atom. The molecular formula is C20H18ClN3O2S. The van der Waals surface area contributed by atoms with Gasteiger partial charge in [-0.25, -0.2) is 4.98 Å². The number of aryl methyl sites for hydroxylation is 1. The molecule has 0 unspecified atom stereocenters. The Labute approximate surface area is 165 Å². The van der Waals surface area contributed by atoms with E-state index < -0.39 is 0 Å². The second-order valence-corrected chi connectivity index (χ2v) is 7.99. The van der Waals surface area contributed by atoms with E-state index in [1.54, 1.807) is 22.8 Å². The molecule has 27 heavy (non-hydrogen) atoms. The van der Waals surface area contributed by atoms with Crippen molar-refractivity contribution in [2.75, 3.05) is 11.1 Å². The van der Waals surface area contributed by atoms with Gasteiger partial charge in [-0.2, -0.15) is 0 Å². The van der Waals surface area contributed by atoms with Gasteiger partial charge in [0.05, 0.1) is 16.7 Å². The molecule has 1 aliphatic rings. The molecule has 0 aliphatic heterocycles. The van der Waals surface area contributed by atoms with Crippen molar-refractivity contribution in [2.45, 2.75) is 31.0 Å². The lowest BCUT2D eigenvalue weighted by Gasteiger charge is -2.13. The predicted molar refractivity (Wildman–Crippen MR) is 110 cm³/mol. The fourth-order valence-electron chi connectivity index (χ4n) is 2.93. The summed E-state index contributed by atoms with van der Waals surface area (Å²) < 4.78 is 1.74. The molecular weight excluding hydrogens is 382 g/mol. The highest BCUT2D eigenvalue weighted by Gasteiger charge is 2.28. The number of anilines is 1. The zero-order valence-electron chi connectivity index (χ0n) is 14.7. The van der Waals surface area contributed by atoms with Crippen LogP contribution in [0.3, 0.4) is 0 Å². The number of fused-ring (bicyclic) bond motifs is 1. The third kappa shape index (κ3) is 3.87. The molecule has 7 heteroatoms. The summed E-state index contributed by atoms with van der Waals surface area (Å²) in [6.45, 7) is 1.91. The fraction of sp³-hybridized carbons (Fsp3) is 0.250. The maximum Gasteiger partial charge on any atom is 0.262 e. The van der Waals surface area contributed by atoms with Gasteiger partial charge in [0.25, 0.3) is 5.56 Å². The van der Waals surface area contributed by atoms with Crippen LogP contribution in [0.15, 0.2) is 52.4 Å². The lowest BCUT2D eigenvalue weighted by molar-refractivity contribution is -0.113. The molecule has 1 aliphatic carbocycles. The first kappa shape index (κ1) is 18.1. The normalized spacial score (nSPS) is 13.7. The average molecular weight is 400 g/mol. The van der Waals surface area contributed by atoms with Crippen molar-refractivity contribution < 1.29 is 4.79 Å². The summed E-state index contributed by atoms with van der Waals surface area (Å²) in [7, 11) is 0. The van der Waals surface area contributed by atoms with Gasteiger partial charge in [0.15, 0.2) is 5.16 Å². The van der Waals surface area contributed by atoms with E-state index in [0.29, 0.717) is 26.8 Å². The van der Waals surface area contributed by atoms with Crippen LogP contribution in [0.4, 0.5) is 5.69 Å². The average Bonchev–Trinajstić information content (AvgIpc) is 3.48. The van der Waals surface area contributed by atoms with E-state index in [9.17, 15) is 9.59 Å². The predicted octanol–water partition coefficient (Wildman–Crippen LogP) is 4.42. The summed E-state index contributed by atoms with van der Waals surface area (Å²) in [5, 5.41) is 4.66. The number of hydrogen-bond acceptors (Lipinski definition) is 4. The second-order valence-electron chi connectivity index (χ2n) is 6.61. The Kier molecular flexibility index (Phi) is 4.93. The van der Waals surface area contributed by atoms with Gasteiger partial charge in [0, 0.05) is 16.8 Å². The molecule has 0 saturated heterocycles. The number of benzene rings is 2. The zero-order chi connectivity index (χ0) is 19.0. The fourth-order valence-corrected chi connectivity index (χ4v) is 3.97. The summed E-state index contributed by atoms with van der Waals surface area (Å²) in [5.74, 6) is 0.0128. The van der Waals surface area contributed by atoms with Gasteiger partial charge in [-0.1, -0.05) is 41.6 Å². The highest BCUT2D eigenvalue weighted by atomic mass is 35.5. The summed E-state index contributed by atoms with van der Waals surface area (Å²) in [6.07, 6.45) is 1.95. The molecule has 0 bridgehead atoms. The Bertz CT molecular complexity index is 1090. The largest absolute Gasteiger partial charge is 0.325 e. The van der Waals surface area contributed by atoms with Crippen molar-refractivity contribution in [3.8, 4) is 0 Å². The molecule has 2 aromatic carbocycles. The monoisotopic (exact) mass is 399 g/mol. The van der Waals surface area contributed by atoms with Gasteiger partial charge in [-0.05, 0) is 49.6 Å². The molecule has 1 fully saturated rings. The smallest absolute Gasteiger partial charge is 0.262 e. The molecule has 0 spiro atoms. The number of carbonyl (C=O) groups excluding carboxylic acids is 1. The Balaban J connectivity index is 1.56. The number of rotatable bonds is 5. The van der Waals surface area contributed by atoms with E-state index in [4.69, 9.17) is 11.6 Å². The van der Waals surface area contributed by atoms with Gasteiger partial charge in [0.2, 0.25) is 5.91 Å². The van der Waals surface area contributed by atoms with Gasteiger partial charge < -0.3 is 5.32 Å². The first-order chi connectivity index (χ1) is 13.0. The molecule has 5 nitrogen and oxygen atoms in total. The number of thioether (sulfide) groups is 1. The van der Waals surface area contributed by atoms with Gasteiger partial charge in [-0.15, -0.1) is 0 Å². The van der Waals surface area contributed by atoms with E-state index in [0.717, 1.165) is 18.4 Å². The van der Waals surface area contributed by atoms with Gasteiger partial charge in [0.1, 0.15) is 0 Å². The molecule has 138 valence electrons. The van der Waals surface area contributed by atoms with Crippen LogP contribution in [0.1, 0.15) is 24.4 Å². The van der Waals surface area contributed by atoms with Crippen molar-refractivity contribution in [3.63, 3.8) is 0 Å². The Morgan fingerprint density at radius 3 is 2.85 bits per heavy atom. The van der Waals surface area contributed by atoms with Crippen molar-refractivity contribution in [3.05, 3.63) is 63.4 Å². The van der Waals surface area contributed by atoms with Crippen LogP contribution < -0.4 is 10.9 Å². The number of halogens is 1. The minimum absolute atomic E-state index is 0.0308. The topological polar surface area (TPSA) is 64.0 Å². The minimum Gasteiger partial charge on any atom is -0.325 e. The molecule has 3 aromatic rings. The maximum absolute atomic E-state index is 12.8. The van der Waals surface area contributed by atoms with Crippen LogP contribution >= 0.6 is 23.4 Å². The van der Waals surface area contributed by atoms with E-state index in [1.165, 1.54) is 11.8 Å². The standard InChI is InChI=1S/C20H18ClN3O2S/c1-12-6-7-13(21)10-17(12)22-18(25)11-27-20-23-16-5-3-2-4-15(16)19(26)24(20)14-8-9-14/h2-7,10,14H,8-9,11H2,1H3,(H,22,25). The third-order valence-corrected chi connectivity index (χ3v) is 5.68. The van der Waals surface area contributed by atoms with Crippen LogP contribution in [0, 0.1) is 6.92 Å². The first-order valence-electron chi connectivity index (χ1n) is 8.73. The van der Waals surface area contributed by atoms with Gasteiger partial charge >= 0.3 is 0 Å². The lowest BCUT2D eigenvalue weighted by atomic mass is 10.2. The molecule has 1 saturated carbocycles. The first-order valence-corrected chi connectivity index (χ1v) is 10.1. The Morgan fingerprint density at radius 2 is 2.07 bits per heavy atom. The van der Waals surface area contributed by atoms with E-state index in [2.05, 4.69) is 10.3 Å².